The van der Waals surface area contributed by atoms with E-state index in [9.17, 15) is 4.39 Å². The Morgan fingerprint density at radius 3 is 2.93 bits per heavy atom. The third kappa shape index (κ3) is 3.36. The Labute approximate surface area is 89.6 Å². The lowest BCUT2D eigenvalue weighted by Gasteiger charge is -2.13. The van der Waals surface area contributed by atoms with Gasteiger partial charge in [-0.1, -0.05) is 6.08 Å². The number of rotatable bonds is 5. The van der Waals surface area contributed by atoms with Crippen molar-refractivity contribution in [1.82, 2.24) is 0 Å². The number of nitrogens with two attached hydrogens (primary N) is 1. The quantitative estimate of drug-likeness (QED) is 0.597. The molecule has 0 saturated carbocycles. The van der Waals surface area contributed by atoms with Crippen molar-refractivity contribution in [3.63, 3.8) is 0 Å². The van der Waals surface area contributed by atoms with Crippen molar-refractivity contribution < 1.29 is 9.13 Å². The Kier molecular flexibility index (Phi) is 4.31. The van der Waals surface area contributed by atoms with Crippen LogP contribution in [0.4, 0.5) is 4.39 Å². The van der Waals surface area contributed by atoms with Gasteiger partial charge in [0, 0.05) is 11.6 Å². The monoisotopic (exact) mass is 209 g/mol. The van der Waals surface area contributed by atoms with Crippen LogP contribution < -0.4 is 10.5 Å². The van der Waals surface area contributed by atoms with Gasteiger partial charge in [-0.05, 0) is 31.5 Å². The van der Waals surface area contributed by atoms with Crippen molar-refractivity contribution in [3.05, 3.63) is 42.2 Å². The zero-order chi connectivity index (χ0) is 11.3. The first-order valence-electron chi connectivity index (χ1n) is 4.94. The van der Waals surface area contributed by atoms with Crippen LogP contribution in [-0.2, 0) is 0 Å². The van der Waals surface area contributed by atoms with Crippen molar-refractivity contribution >= 4 is 0 Å². The molecular weight excluding hydrogens is 193 g/mol. The molecule has 0 spiro atoms. The van der Waals surface area contributed by atoms with Gasteiger partial charge in [0.2, 0.25) is 0 Å². The fourth-order valence-corrected chi connectivity index (χ4v) is 1.26. The summed E-state index contributed by atoms with van der Waals surface area (Å²) in [4.78, 5) is 0. The van der Waals surface area contributed by atoms with E-state index < -0.39 is 0 Å². The topological polar surface area (TPSA) is 35.2 Å². The Balaban J connectivity index is 2.81. The molecule has 0 aliphatic rings. The molecule has 0 aromatic heterocycles. The predicted octanol–water partition coefficient (Wildman–Crippen LogP) is 2.80. The summed E-state index contributed by atoms with van der Waals surface area (Å²) in [6.07, 6.45) is 2.53. The van der Waals surface area contributed by atoms with Gasteiger partial charge in [0.05, 0.1) is 6.61 Å². The highest BCUT2D eigenvalue weighted by molar-refractivity contribution is 5.36. The first-order chi connectivity index (χ1) is 7.15. The summed E-state index contributed by atoms with van der Waals surface area (Å²) in [6, 6.07) is 4.15. The van der Waals surface area contributed by atoms with Crippen LogP contribution in [0, 0.1) is 5.82 Å². The summed E-state index contributed by atoms with van der Waals surface area (Å²) >= 11 is 0. The van der Waals surface area contributed by atoms with Crippen molar-refractivity contribution in [3.8, 4) is 5.75 Å². The average Bonchev–Trinajstić information content (AvgIpc) is 2.20. The molecule has 0 fully saturated rings. The fourth-order valence-electron chi connectivity index (χ4n) is 1.26. The van der Waals surface area contributed by atoms with E-state index in [1.165, 1.54) is 12.1 Å². The van der Waals surface area contributed by atoms with Gasteiger partial charge in [0.25, 0.3) is 0 Å². The largest absolute Gasteiger partial charge is 0.493 e. The van der Waals surface area contributed by atoms with E-state index in [2.05, 4.69) is 6.58 Å². The SMILES string of the molecule is C=CCCOc1ccc(F)cc1[C@@H](C)N. The molecule has 0 bridgehead atoms. The van der Waals surface area contributed by atoms with Gasteiger partial charge in [0.1, 0.15) is 11.6 Å². The molecule has 3 heteroatoms. The first kappa shape index (κ1) is 11.7. The smallest absolute Gasteiger partial charge is 0.124 e. The normalized spacial score (nSPS) is 12.2. The molecule has 2 nitrogen and oxygen atoms in total. The third-order valence-corrected chi connectivity index (χ3v) is 2.04. The molecule has 1 aromatic rings. The molecule has 0 aliphatic heterocycles. The average molecular weight is 209 g/mol. The Morgan fingerprint density at radius 1 is 1.60 bits per heavy atom. The minimum Gasteiger partial charge on any atom is -0.493 e. The van der Waals surface area contributed by atoms with Crippen molar-refractivity contribution in [2.24, 2.45) is 5.73 Å². The predicted molar refractivity (Wildman–Crippen MR) is 59.3 cm³/mol. The maximum absolute atomic E-state index is 13.0. The number of halogens is 1. The standard InChI is InChI=1S/C12H16FNO/c1-3-4-7-15-12-6-5-10(13)8-11(12)9(2)14/h3,5-6,8-9H,1,4,7,14H2,2H3/t9-/m1/s1. The van der Waals surface area contributed by atoms with Crippen molar-refractivity contribution in [2.45, 2.75) is 19.4 Å². The molecule has 0 saturated heterocycles. The van der Waals surface area contributed by atoms with Gasteiger partial charge in [-0.25, -0.2) is 4.39 Å². The zero-order valence-corrected chi connectivity index (χ0v) is 8.87. The molecule has 2 N–H and O–H groups in total. The number of ether oxygens (including phenoxy) is 1. The van der Waals surface area contributed by atoms with Crippen molar-refractivity contribution in [2.75, 3.05) is 6.61 Å². The minimum atomic E-state index is -0.293. The van der Waals surface area contributed by atoms with Crippen LogP contribution in [0.25, 0.3) is 0 Å². The Hall–Kier alpha value is -1.35. The van der Waals surface area contributed by atoms with Gasteiger partial charge in [-0.2, -0.15) is 0 Å². The second-order valence-electron chi connectivity index (χ2n) is 3.40. The van der Waals surface area contributed by atoms with Crippen LogP contribution in [0.5, 0.6) is 5.75 Å². The van der Waals surface area contributed by atoms with Crippen LogP contribution in [0.3, 0.4) is 0 Å². The lowest BCUT2D eigenvalue weighted by Crippen LogP contribution is -2.09. The summed E-state index contributed by atoms with van der Waals surface area (Å²) in [7, 11) is 0. The zero-order valence-electron chi connectivity index (χ0n) is 8.87. The summed E-state index contributed by atoms with van der Waals surface area (Å²) in [5.74, 6) is 0.353. The second-order valence-corrected chi connectivity index (χ2v) is 3.40. The van der Waals surface area contributed by atoms with Crippen LogP contribution in [0.15, 0.2) is 30.9 Å². The molecule has 0 amide bonds. The Morgan fingerprint density at radius 2 is 2.33 bits per heavy atom. The van der Waals surface area contributed by atoms with Gasteiger partial charge in [-0.3, -0.25) is 0 Å². The van der Waals surface area contributed by atoms with E-state index in [1.807, 2.05) is 0 Å². The van der Waals surface area contributed by atoms with E-state index in [0.717, 1.165) is 6.42 Å². The molecule has 0 heterocycles. The highest BCUT2D eigenvalue weighted by atomic mass is 19.1. The molecule has 1 rings (SSSR count). The van der Waals surface area contributed by atoms with E-state index in [4.69, 9.17) is 10.5 Å². The molecule has 82 valence electrons. The second kappa shape index (κ2) is 5.51. The molecule has 0 radical (unpaired) electrons. The minimum absolute atomic E-state index is 0.237. The number of hydrogen-bond acceptors (Lipinski definition) is 2. The summed E-state index contributed by atoms with van der Waals surface area (Å²) in [5.41, 5.74) is 6.41. The van der Waals surface area contributed by atoms with Gasteiger partial charge in [-0.15, -0.1) is 6.58 Å². The van der Waals surface area contributed by atoms with Crippen molar-refractivity contribution in [1.29, 1.82) is 0 Å². The molecule has 1 aromatic carbocycles. The lowest BCUT2D eigenvalue weighted by atomic mass is 10.1. The first-order valence-corrected chi connectivity index (χ1v) is 4.94. The van der Waals surface area contributed by atoms with E-state index >= 15 is 0 Å². The van der Waals surface area contributed by atoms with Crippen LogP contribution in [-0.4, -0.2) is 6.61 Å². The molecule has 0 aliphatic carbocycles. The van der Waals surface area contributed by atoms with Crippen LogP contribution in [0.2, 0.25) is 0 Å². The van der Waals surface area contributed by atoms with Crippen LogP contribution >= 0.6 is 0 Å². The maximum atomic E-state index is 13.0. The third-order valence-electron chi connectivity index (χ3n) is 2.04. The van der Waals surface area contributed by atoms with Gasteiger partial charge >= 0.3 is 0 Å². The summed E-state index contributed by atoms with van der Waals surface area (Å²) in [5, 5.41) is 0. The highest BCUT2D eigenvalue weighted by Crippen LogP contribution is 2.24. The summed E-state index contributed by atoms with van der Waals surface area (Å²) in [6.45, 7) is 5.94. The lowest BCUT2D eigenvalue weighted by molar-refractivity contribution is 0.319. The maximum Gasteiger partial charge on any atom is 0.124 e. The summed E-state index contributed by atoms with van der Waals surface area (Å²) < 4.78 is 18.4. The molecule has 1 atom stereocenters. The van der Waals surface area contributed by atoms with E-state index in [1.54, 1.807) is 19.1 Å². The number of benzene rings is 1. The molecule has 0 unspecified atom stereocenters. The highest BCUT2D eigenvalue weighted by Gasteiger charge is 2.08. The van der Waals surface area contributed by atoms with Gasteiger partial charge in [0.15, 0.2) is 0 Å². The Bertz CT molecular complexity index is 336. The van der Waals surface area contributed by atoms with E-state index in [-0.39, 0.29) is 11.9 Å². The number of hydrogen-bond donors (Lipinski definition) is 1. The van der Waals surface area contributed by atoms with Crippen LogP contribution in [0.1, 0.15) is 24.9 Å². The fraction of sp³-hybridized carbons (Fsp3) is 0.333. The van der Waals surface area contributed by atoms with E-state index in [0.29, 0.717) is 17.9 Å². The molecular formula is C12H16FNO. The van der Waals surface area contributed by atoms with Gasteiger partial charge < -0.3 is 10.5 Å². The molecule has 15 heavy (non-hydrogen) atoms.